The lowest BCUT2D eigenvalue weighted by Crippen LogP contribution is -2.38. The van der Waals surface area contributed by atoms with Crippen LogP contribution in [0.15, 0.2) is 23.4 Å². The molecule has 0 atom stereocenters. The molecule has 0 unspecified atom stereocenters. The third-order valence-corrected chi connectivity index (χ3v) is 6.35. The third kappa shape index (κ3) is 5.26. The molecule has 2 N–H and O–H groups in total. The van der Waals surface area contributed by atoms with Gasteiger partial charge in [0.1, 0.15) is 17.1 Å². The molecule has 1 fully saturated rings. The van der Waals surface area contributed by atoms with Crippen LogP contribution >= 0.6 is 0 Å². The van der Waals surface area contributed by atoms with Crippen molar-refractivity contribution >= 4 is 33.0 Å². The molecule has 1 aliphatic carbocycles. The monoisotopic (exact) mass is 425 g/mol. The van der Waals surface area contributed by atoms with Crippen molar-refractivity contribution in [2.75, 3.05) is 16.3 Å². The van der Waals surface area contributed by atoms with Crippen molar-refractivity contribution in [1.29, 1.82) is 0 Å². The fraction of sp³-hybridized carbons (Fsp3) is 0.600. The maximum absolute atomic E-state index is 14.1. The highest BCUT2D eigenvalue weighted by Gasteiger charge is 2.45. The van der Waals surface area contributed by atoms with Crippen molar-refractivity contribution in [1.82, 2.24) is 0 Å². The number of nitrogens with one attached hydrogen (secondary N) is 2. The highest BCUT2D eigenvalue weighted by Crippen LogP contribution is 2.46. The van der Waals surface area contributed by atoms with E-state index in [4.69, 9.17) is 4.84 Å². The van der Waals surface area contributed by atoms with E-state index in [2.05, 4.69) is 36.0 Å². The summed E-state index contributed by atoms with van der Waals surface area (Å²) in [6, 6.07) is 3.60. The Hall–Kier alpha value is -2.16. The van der Waals surface area contributed by atoms with Crippen LogP contribution in [0.3, 0.4) is 0 Å². The van der Waals surface area contributed by atoms with E-state index in [1.165, 1.54) is 12.1 Å². The fourth-order valence-electron chi connectivity index (χ4n) is 4.01. The molecular formula is C20H28FN3O4S. The van der Waals surface area contributed by atoms with Crippen LogP contribution in [0.4, 0.5) is 15.8 Å². The first-order valence-electron chi connectivity index (χ1n) is 9.71. The van der Waals surface area contributed by atoms with Crippen molar-refractivity contribution in [2.45, 2.75) is 58.5 Å². The standard InChI is InChI=1S/C20H28FN3O4S/c1-19(2,3)13-7-9-20(10-8-13)12-17(23-28-20)18(25)22-16-11-14(5-6-15(16)21)24-29(4,26)27/h5-6,11,13,24H,7-10,12H2,1-4H3,(H,22,25). The third-order valence-electron chi connectivity index (χ3n) is 5.74. The van der Waals surface area contributed by atoms with Crippen molar-refractivity contribution in [3.8, 4) is 0 Å². The number of amides is 1. The Morgan fingerprint density at radius 3 is 2.52 bits per heavy atom. The molecule has 1 heterocycles. The van der Waals surface area contributed by atoms with E-state index < -0.39 is 27.3 Å². The normalized spacial score (nSPS) is 24.7. The second-order valence-corrected chi connectivity index (χ2v) is 10.9. The van der Waals surface area contributed by atoms with Crippen LogP contribution in [0.2, 0.25) is 0 Å². The molecule has 7 nitrogen and oxygen atoms in total. The lowest BCUT2D eigenvalue weighted by atomic mass is 9.67. The SMILES string of the molecule is CC(C)(C)C1CCC2(CC1)CC(C(=O)Nc1cc(NS(C)(=O)=O)ccc1F)=NO2. The number of hydrogen-bond acceptors (Lipinski definition) is 5. The zero-order chi connectivity index (χ0) is 21.4. The summed E-state index contributed by atoms with van der Waals surface area (Å²) >= 11 is 0. The van der Waals surface area contributed by atoms with Gasteiger partial charge >= 0.3 is 0 Å². The summed E-state index contributed by atoms with van der Waals surface area (Å²) in [6.45, 7) is 6.71. The number of rotatable bonds is 4. The van der Waals surface area contributed by atoms with E-state index in [9.17, 15) is 17.6 Å². The molecule has 1 amide bonds. The van der Waals surface area contributed by atoms with E-state index in [1.54, 1.807) is 0 Å². The zero-order valence-corrected chi connectivity index (χ0v) is 18.0. The van der Waals surface area contributed by atoms with Crippen LogP contribution in [0.5, 0.6) is 0 Å². The van der Waals surface area contributed by atoms with Gasteiger partial charge in [-0.15, -0.1) is 0 Å². The number of hydrogen-bond donors (Lipinski definition) is 2. The van der Waals surface area contributed by atoms with Gasteiger partial charge in [-0.1, -0.05) is 25.9 Å². The number of benzene rings is 1. The minimum absolute atomic E-state index is 0.122. The summed E-state index contributed by atoms with van der Waals surface area (Å²) in [5.74, 6) is -0.610. The lowest BCUT2D eigenvalue weighted by molar-refractivity contribution is -0.110. The summed E-state index contributed by atoms with van der Waals surface area (Å²) in [5, 5.41) is 6.45. The summed E-state index contributed by atoms with van der Waals surface area (Å²) in [4.78, 5) is 18.3. The maximum Gasteiger partial charge on any atom is 0.273 e. The van der Waals surface area contributed by atoms with Crippen LogP contribution in [-0.2, 0) is 19.7 Å². The Morgan fingerprint density at radius 2 is 1.93 bits per heavy atom. The second kappa shape index (κ2) is 7.59. The predicted molar refractivity (Wildman–Crippen MR) is 111 cm³/mol. The number of halogens is 1. The van der Waals surface area contributed by atoms with Crippen molar-refractivity contribution in [3.63, 3.8) is 0 Å². The molecule has 1 saturated carbocycles. The molecule has 29 heavy (non-hydrogen) atoms. The van der Waals surface area contributed by atoms with E-state index in [1.807, 2.05) is 0 Å². The molecule has 2 aliphatic rings. The van der Waals surface area contributed by atoms with Gasteiger partial charge in [-0.05, 0) is 55.2 Å². The number of nitrogens with zero attached hydrogens (tertiary/aromatic N) is 1. The van der Waals surface area contributed by atoms with Gasteiger partial charge in [0.2, 0.25) is 10.0 Å². The maximum atomic E-state index is 14.1. The predicted octanol–water partition coefficient (Wildman–Crippen LogP) is 3.89. The van der Waals surface area contributed by atoms with E-state index >= 15 is 0 Å². The molecule has 160 valence electrons. The Labute approximate surface area is 171 Å². The molecular weight excluding hydrogens is 397 g/mol. The van der Waals surface area contributed by atoms with Crippen molar-refractivity contribution < 1.29 is 22.4 Å². The van der Waals surface area contributed by atoms with Gasteiger partial charge in [0, 0.05) is 6.42 Å². The number of carbonyl (C=O) groups excluding carboxylic acids is 1. The highest BCUT2D eigenvalue weighted by molar-refractivity contribution is 7.92. The van der Waals surface area contributed by atoms with Crippen LogP contribution in [-0.4, -0.2) is 31.9 Å². The van der Waals surface area contributed by atoms with E-state index in [0.29, 0.717) is 12.3 Å². The van der Waals surface area contributed by atoms with Crippen molar-refractivity contribution in [3.05, 3.63) is 24.0 Å². The van der Waals surface area contributed by atoms with Gasteiger partial charge < -0.3 is 10.2 Å². The fourth-order valence-corrected chi connectivity index (χ4v) is 4.57. The Balaban J connectivity index is 1.64. The minimum Gasteiger partial charge on any atom is -0.388 e. The first kappa shape index (κ1) is 21.5. The molecule has 0 aromatic heterocycles. The molecule has 0 saturated heterocycles. The number of anilines is 2. The van der Waals surface area contributed by atoms with Gasteiger partial charge in [0.15, 0.2) is 0 Å². The highest BCUT2D eigenvalue weighted by atomic mass is 32.2. The number of sulfonamides is 1. The number of carbonyl (C=O) groups is 1. The quantitative estimate of drug-likeness (QED) is 0.765. The lowest BCUT2D eigenvalue weighted by Gasteiger charge is -2.40. The van der Waals surface area contributed by atoms with Crippen LogP contribution < -0.4 is 10.0 Å². The number of oxime groups is 1. The minimum atomic E-state index is -3.51. The molecule has 9 heteroatoms. The average molecular weight is 426 g/mol. The van der Waals surface area contributed by atoms with Crippen molar-refractivity contribution in [2.24, 2.45) is 16.5 Å². The smallest absolute Gasteiger partial charge is 0.273 e. The van der Waals surface area contributed by atoms with Gasteiger partial charge in [0.05, 0.1) is 17.6 Å². The van der Waals surface area contributed by atoms with Gasteiger partial charge in [0.25, 0.3) is 5.91 Å². The molecule has 0 radical (unpaired) electrons. The molecule has 0 bridgehead atoms. The van der Waals surface area contributed by atoms with Crippen LogP contribution in [0, 0.1) is 17.2 Å². The van der Waals surface area contributed by atoms with Gasteiger partial charge in [-0.25, -0.2) is 12.8 Å². The molecule has 1 aromatic carbocycles. The summed E-state index contributed by atoms with van der Waals surface area (Å²) in [5.41, 5.74) is 0.0471. The molecule has 1 spiro atoms. The molecule has 1 aliphatic heterocycles. The Kier molecular flexibility index (Phi) is 5.64. The summed E-state index contributed by atoms with van der Waals surface area (Å²) in [6.07, 6.45) is 5.07. The molecule has 1 aromatic rings. The summed E-state index contributed by atoms with van der Waals surface area (Å²) in [7, 11) is -3.51. The van der Waals surface area contributed by atoms with Gasteiger partial charge in [-0.2, -0.15) is 0 Å². The van der Waals surface area contributed by atoms with Gasteiger partial charge in [-0.3, -0.25) is 9.52 Å². The first-order chi connectivity index (χ1) is 13.4. The molecule has 3 rings (SSSR count). The van der Waals surface area contributed by atoms with Crippen LogP contribution in [0.25, 0.3) is 0 Å². The zero-order valence-electron chi connectivity index (χ0n) is 17.2. The summed E-state index contributed by atoms with van der Waals surface area (Å²) < 4.78 is 39.1. The average Bonchev–Trinajstić information content (AvgIpc) is 3.00. The second-order valence-electron chi connectivity index (χ2n) is 9.15. The Bertz CT molecular complexity index is 930. The topological polar surface area (TPSA) is 96.9 Å². The van der Waals surface area contributed by atoms with E-state index in [-0.39, 0.29) is 22.5 Å². The Morgan fingerprint density at radius 1 is 1.28 bits per heavy atom. The first-order valence-corrected chi connectivity index (χ1v) is 11.6. The largest absolute Gasteiger partial charge is 0.388 e. The van der Waals surface area contributed by atoms with Crippen LogP contribution in [0.1, 0.15) is 52.9 Å². The van der Waals surface area contributed by atoms with E-state index in [0.717, 1.165) is 38.0 Å².